The maximum absolute atomic E-state index is 14.2. The van der Waals surface area contributed by atoms with Gasteiger partial charge >= 0.3 is 12.2 Å². The Balaban J connectivity index is 1.42. The van der Waals surface area contributed by atoms with Crippen LogP contribution in [0.2, 0.25) is 0 Å². The molecule has 4 aliphatic rings. The molecule has 87 heavy (non-hydrogen) atoms. The van der Waals surface area contributed by atoms with Gasteiger partial charge in [0.25, 0.3) is 11.8 Å². The first-order chi connectivity index (χ1) is 41.3. The number of ketones is 4. The van der Waals surface area contributed by atoms with E-state index >= 15 is 0 Å². The average Bonchev–Trinajstić information content (AvgIpc) is 1.19. The number of nitrogens with one attached hydrogen (secondary N) is 6. The Hall–Kier alpha value is -7.16. The average molecular weight is 1220 g/mol. The van der Waals surface area contributed by atoms with Gasteiger partial charge in [0.2, 0.25) is 23.1 Å². The fourth-order valence-corrected chi connectivity index (χ4v) is 10.7. The summed E-state index contributed by atoms with van der Waals surface area (Å²) < 4.78 is 33.7. The van der Waals surface area contributed by atoms with Crippen LogP contribution in [0.5, 0.6) is 0 Å². The first kappa shape index (κ1) is 72.3. The van der Waals surface area contributed by atoms with Crippen LogP contribution in [0.4, 0.5) is 9.59 Å². The number of methoxy groups -OCH3 is 4. The summed E-state index contributed by atoms with van der Waals surface area (Å²) in [6.07, 6.45) is 6.98. The van der Waals surface area contributed by atoms with Crippen LogP contribution in [-0.4, -0.2) is 174 Å². The van der Waals surface area contributed by atoms with E-state index < -0.39 is 108 Å². The molecular formula is C63H92N8O16. The van der Waals surface area contributed by atoms with Gasteiger partial charge in [0.05, 0.1) is 47.2 Å². The number of hydrogen-bond donors (Lipinski definition) is 10. The minimum absolute atomic E-state index is 0.0984. The van der Waals surface area contributed by atoms with E-state index in [1.54, 1.807) is 52.0 Å². The molecular weight excluding hydrogens is 1120 g/mol. The Bertz CT molecular complexity index is 2640. The Morgan fingerprint density at radius 1 is 0.563 bits per heavy atom. The van der Waals surface area contributed by atoms with E-state index in [0.29, 0.717) is 50.3 Å². The molecule has 0 aromatic rings. The zero-order valence-corrected chi connectivity index (χ0v) is 52.2. The maximum Gasteiger partial charge on any atom is 0.405 e. The molecule has 0 aromatic carbocycles. The van der Waals surface area contributed by atoms with E-state index in [1.807, 2.05) is 13.8 Å². The number of ether oxygens (including phenoxy) is 6. The standard InChI is InChI=1S/C63H92N8O16/c1-34-26-42-52(46(72)32-44(56(42)76)70-60(78)36(3)16-13-18-48(82-9)58(86-62(64)80)40(7)30-38(5)54(74)50(28-34)84-11)68-21-15-20-66-22-23-67-24-25-69-53-43-27-35(2)29-51(85-12)55(75)39(6)31-41(8)59(87-63(65)81)49(83-10)19-14-17-37(4)61(79)71-45(57(43)77)33-47(53)73/h13-14,16-19,30-35,38-39,48-51,54-55,58-59,66-69,74-75H,15,20-29H2,1-12H3,(H2,64,80)(H2,65,81)(H,70,78)(H,71,79)/b18-13-,19-14-,36-16+,37-17+,40-30+,41-31+/t34-,35-,38+,39+,48+,49+,50+,51+,54-,55-,58+,59+/m1/s1. The lowest BCUT2D eigenvalue weighted by atomic mass is 9.85. The van der Waals surface area contributed by atoms with Crippen molar-refractivity contribution in [2.75, 3.05) is 67.7 Å². The van der Waals surface area contributed by atoms with E-state index in [2.05, 4.69) is 31.9 Å². The summed E-state index contributed by atoms with van der Waals surface area (Å²) in [5, 5.41) is 41.3. The van der Waals surface area contributed by atoms with Gasteiger partial charge in [-0.1, -0.05) is 76.3 Å². The molecule has 0 unspecified atom stereocenters. The van der Waals surface area contributed by atoms with Gasteiger partial charge < -0.3 is 82.0 Å². The van der Waals surface area contributed by atoms with Crippen LogP contribution < -0.4 is 43.4 Å². The number of rotatable bonds is 18. The number of aliphatic hydroxyl groups excluding tert-OH is 2. The van der Waals surface area contributed by atoms with Gasteiger partial charge in [0.15, 0.2) is 12.2 Å². The second-order valence-electron chi connectivity index (χ2n) is 22.6. The lowest BCUT2D eigenvalue weighted by Gasteiger charge is -2.30. The van der Waals surface area contributed by atoms with E-state index in [1.165, 1.54) is 66.6 Å². The van der Waals surface area contributed by atoms with E-state index in [9.17, 15) is 48.6 Å². The molecule has 0 spiro atoms. The summed E-state index contributed by atoms with van der Waals surface area (Å²) in [6.45, 7) is 16.4. The van der Waals surface area contributed by atoms with E-state index in [4.69, 9.17) is 39.9 Å². The molecule has 2 heterocycles. The Morgan fingerprint density at radius 2 is 0.943 bits per heavy atom. The highest BCUT2D eigenvalue weighted by Gasteiger charge is 2.36. The topological polar surface area (TPSA) is 357 Å². The highest BCUT2D eigenvalue weighted by atomic mass is 16.6. The third kappa shape index (κ3) is 21.6. The SMILES string of the molecule is CO[C@H]1/C=C\C=C(/C)C(=O)NC2=CC(=O)C(NCCCNCCNCCNC3=C4C[C@@H](C)C[C@H](OC)[C@H](O)[C@@H](C)/C=C(\C)[C@H](OC(N)=O)[C@@H](OC)/C=C\C=C(/C)C(=O)NC(=CC3=O)C4=O)=C(C[C@@H](C)C[C@H](OC)[C@H](O)[C@@H](C)/C=C(\C)[C@@H]1OC(N)=O)C2=O. The van der Waals surface area contributed by atoms with Gasteiger partial charge in [0.1, 0.15) is 12.2 Å². The van der Waals surface area contributed by atoms with Crippen LogP contribution in [0, 0.1) is 23.7 Å². The van der Waals surface area contributed by atoms with Gasteiger partial charge in [0, 0.05) is 107 Å². The van der Waals surface area contributed by atoms with Crippen LogP contribution in [0.25, 0.3) is 0 Å². The number of amides is 4. The second-order valence-corrected chi connectivity index (χ2v) is 22.6. The van der Waals surface area contributed by atoms with Crippen LogP contribution in [-0.2, 0) is 57.2 Å². The van der Waals surface area contributed by atoms with Crippen molar-refractivity contribution in [2.45, 2.75) is 136 Å². The second kappa shape index (κ2) is 35.6. The van der Waals surface area contributed by atoms with Crippen LogP contribution in [0.15, 0.2) is 117 Å². The molecule has 0 radical (unpaired) electrons. The van der Waals surface area contributed by atoms with Crippen molar-refractivity contribution in [1.82, 2.24) is 31.9 Å². The molecule has 4 bridgehead atoms. The summed E-state index contributed by atoms with van der Waals surface area (Å²) >= 11 is 0. The normalized spacial score (nSPS) is 31.2. The number of hydrogen-bond acceptors (Lipinski definition) is 20. The third-order valence-electron chi connectivity index (χ3n) is 15.5. The monoisotopic (exact) mass is 1220 g/mol. The fourth-order valence-electron chi connectivity index (χ4n) is 10.7. The van der Waals surface area contributed by atoms with Gasteiger partial charge in [-0.15, -0.1) is 0 Å². The zero-order valence-electron chi connectivity index (χ0n) is 52.2. The molecule has 2 aliphatic carbocycles. The zero-order chi connectivity index (χ0) is 64.7. The van der Waals surface area contributed by atoms with Crippen molar-refractivity contribution in [3.63, 3.8) is 0 Å². The van der Waals surface area contributed by atoms with Crippen molar-refractivity contribution >= 4 is 47.1 Å². The molecule has 0 saturated heterocycles. The molecule has 12 N–H and O–H groups in total. The number of carbonyl (C=O) groups is 8. The van der Waals surface area contributed by atoms with Crippen LogP contribution >= 0.6 is 0 Å². The highest BCUT2D eigenvalue weighted by Crippen LogP contribution is 2.31. The molecule has 4 amide bonds. The minimum Gasteiger partial charge on any atom is -0.439 e. The van der Waals surface area contributed by atoms with Gasteiger partial charge in [-0.05, 0) is 89.3 Å². The molecule has 0 fully saturated rings. The number of primary amides is 2. The predicted octanol–water partition coefficient (Wildman–Crippen LogP) is 3.29. The lowest BCUT2D eigenvalue weighted by Crippen LogP contribution is -2.39. The number of carbonyl (C=O) groups excluding carboxylic acids is 8. The summed E-state index contributed by atoms with van der Waals surface area (Å²) in [4.78, 5) is 107. The molecule has 24 heteroatoms. The predicted molar refractivity (Wildman–Crippen MR) is 325 cm³/mol. The molecule has 24 nitrogen and oxygen atoms in total. The fraction of sp³-hybridized carbons (Fsp3) is 0.556. The van der Waals surface area contributed by atoms with Gasteiger partial charge in [-0.2, -0.15) is 0 Å². The van der Waals surface area contributed by atoms with Crippen molar-refractivity contribution in [3.05, 3.63) is 117 Å². The summed E-state index contributed by atoms with van der Waals surface area (Å²) in [7, 11) is 5.77. The summed E-state index contributed by atoms with van der Waals surface area (Å²) in [5.74, 6) is -4.96. The van der Waals surface area contributed by atoms with Crippen molar-refractivity contribution in [2.24, 2.45) is 35.1 Å². The highest BCUT2D eigenvalue weighted by molar-refractivity contribution is 6.24. The van der Waals surface area contributed by atoms with Crippen molar-refractivity contribution in [3.8, 4) is 0 Å². The quantitative estimate of drug-likeness (QED) is 0.0535. The number of fused-ring (bicyclic) bond motifs is 4. The molecule has 0 aromatic heterocycles. The molecule has 12 atom stereocenters. The summed E-state index contributed by atoms with van der Waals surface area (Å²) in [5.41, 5.74) is 12.5. The molecule has 2 aliphatic heterocycles. The first-order valence-electron chi connectivity index (χ1n) is 29.3. The van der Waals surface area contributed by atoms with E-state index in [-0.39, 0.29) is 89.1 Å². The van der Waals surface area contributed by atoms with Crippen molar-refractivity contribution < 1.29 is 77.0 Å². The number of nitrogens with two attached hydrogens (primary N) is 2. The van der Waals surface area contributed by atoms with Gasteiger partial charge in [-0.3, -0.25) is 28.8 Å². The smallest absolute Gasteiger partial charge is 0.405 e. The Morgan fingerprint density at radius 3 is 1.32 bits per heavy atom. The third-order valence-corrected chi connectivity index (χ3v) is 15.5. The molecule has 0 saturated carbocycles. The summed E-state index contributed by atoms with van der Waals surface area (Å²) in [6, 6.07) is 0. The lowest BCUT2D eigenvalue weighted by molar-refractivity contribution is -0.120. The van der Waals surface area contributed by atoms with Crippen LogP contribution in [0.1, 0.15) is 87.5 Å². The van der Waals surface area contributed by atoms with Gasteiger partial charge in [-0.25, -0.2) is 9.59 Å². The largest absolute Gasteiger partial charge is 0.439 e. The Kier molecular flexibility index (Phi) is 29.6. The maximum atomic E-state index is 14.2. The Labute approximate surface area is 510 Å². The number of Topliss-reactive ketones (excluding diaryl/α,β-unsaturated/α-hetero) is 2. The first-order valence-corrected chi connectivity index (χ1v) is 29.3. The minimum atomic E-state index is -1.04. The van der Waals surface area contributed by atoms with Crippen molar-refractivity contribution in [1.29, 1.82) is 0 Å². The van der Waals surface area contributed by atoms with Crippen LogP contribution in [0.3, 0.4) is 0 Å². The molecule has 480 valence electrons. The number of allylic oxidation sites excluding steroid dienone is 8. The van der Waals surface area contributed by atoms with E-state index in [0.717, 1.165) is 12.2 Å². The number of aliphatic hydroxyl groups is 2. The molecule has 4 rings (SSSR count).